The number of carbonyl (C=O) groups excluding carboxylic acids is 1. The van der Waals surface area contributed by atoms with E-state index in [1.54, 1.807) is 24.3 Å². The van der Waals surface area contributed by atoms with E-state index in [1.165, 1.54) is 36.7 Å². The van der Waals surface area contributed by atoms with Crippen molar-refractivity contribution in [1.82, 2.24) is 9.97 Å². The first-order valence-electron chi connectivity index (χ1n) is 7.76. The van der Waals surface area contributed by atoms with Gasteiger partial charge in [-0.05, 0) is 29.8 Å². The van der Waals surface area contributed by atoms with E-state index in [2.05, 4.69) is 20.6 Å². The Morgan fingerprint density at radius 3 is 2.31 bits per heavy atom. The zero-order valence-electron chi connectivity index (χ0n) is 13.6. The molecule has 7 heteroatoms. The molecule has 26 heavy (non-hydrogen) atoms. The van der Waals surface area contributed by atoms with Gasteiger partial charge in [0.05, 0.1) is 18.0 Å². The number of aromatic nitrogens is 2. The molecule has 1 atom stereocenters. The van der Waals surface area contributed by atoms with Crippen LogP contribution in [0.1, 0.15) is 17.2 Å². The lowest BCUT2D eigenvalue weighted by Gasteiger charge is -2.19. The molecular weight excluding hydrogens is 333 g/mol. The molecule has 1 aromatic heterocycles. The molecule has 2 N–H and O–H groups in total. The Morgan fingerprint density at radius 2 is 1.69 bits per heavy atom. The standard InChI is InChI=1S/C19H14FN5O/c20-15-8-6-14(7-9-15)17(18(26)24-16-4-2-1-3-5-16)25-19-22-11-13(10-21)12-23-19/h1-9,11-12,17H,(H,24,26)(H,22,23,25). The van der Waals surface area contributed by atoms with Gasteiger partial charge in [-0.2, -0.15) is 5.26 Å². The van der Waals surface area contributed by atoms with Crippen molar-refractivity contribution in [1.29, 1.82) is 5.26 Å². The number of anilines is 2. The second-order valence-electron chi connectivity index (χ2n) is 5.39. The van der Waals surface area contributed by atoms with Gasteiger partial charge in [-0.25, -0.2) is 14.4 Å². The van der Waals surface area contributed by atoms with Crippen molar-refractivity contribution in [2.45, 2.75) is 6.04 Å². The van der Waals surface area contributed by atoms with Crippen molar-refractivity contribution in [2.75, 3.05) is 10.6 Å². The number of amides is 1. The van der Waals surface area contributed by atoms with Crippen LogP contribution in [0.4, 0.5) is 16.0 Å². The average Bonchev–Trinajstić information content (AvgIpc) is 2.68. The third-order valence-electron chi connectivity index (χ3n) is 3.56. The number of nitriles is 1. The number of carbonyl (C=O) groups is 1. The first kappa shape index (κ1) is 17.0. The van der Waals surface area contributed by atoms with E-state index in [-0.39, 0.29) is 11.9 Å². The minimum absolute atomic E-state index is 0.182. The summed E-state index contributed by atoms with van der Waals surface area (Å²) in [4.78, 5) is 20.8. The van der Waals surface area contributed by atoms with Gasteiger partial charge < -0.3 is 10.6 Å². The molecule has 6 nitrogen and oxygen atoms in total. The largest absolute Gasteiger partial charge is 0.339 e. The van der Waals surface area contributed by atoms with Crippen molar-refractivity contribution in [2.24, 2.45) is 0 Å². The number of nitrogens with zero attached hydrogens (tertiary/aromatic N) is 3. The number of benzene rings is 2. The maximum absolute atomic E-state index is 13.2. The lowest BCUT2D eigenvalue weighted by Crippen LogP contribution is -2.28. The topological polar surface area (TPSA) is 90.7 Å². The molecule has 3 aromatic rings. The molecule has 1 heterocycles. The van der Waals surface area contributed by atoms with Gasteiger partial charge in [0.15, 0.2) is 0 Å². The van der Waals surface area contributed by atoms with Crippen LogP contribution in [0.25, 0.3) is 0 Å². The molecule has 2 aromatic carbocycles. The van der Waals surface area contributed by atoms with Crippen LogP contribution in [0.3, 0.4) is 0 Å². The maximum Gasteiger partial charge on any atom is 0.251 e. The molecule has 0 aliphatic rings. The summed E-state index contributed by atoms with van der Waals surface area (Å²) in [5.41, 5.74) is 1.49. The summed E-state index contributed by atoms with van der Waals surface area (Å²) in [5, 5.41) is 14.5. The van der Waals surface area contributed by atoms with Gasteiger partial charge >= 0.3 is 0 Å². The molecule has 0 saturated carbocycles. The molecule has 0 spiro atoms. The van der Waals surface area contributed by atoms with Gasteiger partial charge in [0.2, 0.25) is 5.95 Å². The second-order valence-corrected chi connectivity index (χ2v) is 5.39. The first-order valence-corrected chi connectivity index (χ1v) is 7.76. The van der Waals surface area contributed by atoms with Gasteiger partial charge in [-0.15, -0.1) is 0 Å². The number of hydrogen-bond donors (Lipinski definition) is 2. The average molecular weight is 347 g/mol. The summed E-state index contributed by atoms with van der Waals surface area (Å²) in [5.74, 6) is -0.567. The van der Waals surface area contributed by atoms with Crippen molar-refractivity contribution in [3.8, 4) is 6.07 Å². The minimum atomic E-state index is -0.844. The van der Waals surface area contributed by atoms with E-state index in [9.17, 15) is 9.18 Å². The van der Waals surface area contributed by atoms with Crippen LogP contribution in [0.2, 0.25) is 0 Å². The quantitative estimate of drug-likeness (QED) is 0.739. The molecule has 1 amide bonds. The van der Waals surface area contributed by atoms with E-state index in [1.807, 2.05) is 12.1 Å². The molecule has 0 aliphatic heterocycles. The Balaban J connectivity index is 1.86. The molecule has 3 rings (SSSR count). The Hall–Kier alpha value is -3.79. The Labute approximate surface area is 149 Å². The third-order valence-corrected chi connectivity index (χ3v) is 3.56. The number of para-hydroxylation sites is 1. The lowest BCUT2D eigenvalue weighted by atomic mass is 10.1. The van der Waals surface area contributed by atoms with E-state index in [0.29, 0.717) is 16.8 Å². The van der Waals surface area contributed by atoms with Crippen LogP contribution < -0.4 is 10.6 Å². The number of halogens is 1. The summed E-state index contributed by atoms with van der Waals surface area (Å²) in [6.45, 7) is 0. The zero-order valence-corrected chi connectivity index (χ0v) is 13.6. The van der Waals surface area contributed by atoms with Crippen LogP contribution in [-0.2, 0) is 4.79 Å². The van der Waals surface area contributed by atoms with Crippen LogP contribution in [0.5, 0.6) is 0 Å². The van der Waals surface area contributed by atoms with E-state index in [0.717, 1.165) is 0 Å². The highest BCUT2D eigenvalue weighted by Gasteiger charge is 2.22. The monoisotopic (exact) mass is 347 g/mol. The fraction of sp³-hybridized carbons (Fsp3) is 0.0526. The third kappa shape index (κ3) is 4.19. The van der Waals surface area contributed by atoms with Gasteiger partial charge in [-0.1, -0.05) is 30.3 Å². The zero-order chi connectivity index (χ0) is 18.4. The van der Waals surface area contributed by atoms with Gasteiger partial charge in [0.1, 0.15) is 17.9 Å². The first-order chi connectivity index (χ1) is 12.7. The van der Waals surface area contributed by atoms with Crippen LogP contribution in [0.15, 0.2) is 67.0 Å². The van der Waals surface area contributed by atoms with Crippen molar-refractivity contribution >= 4 is 17.5 Å². The van der Waals surface area contributed by atoms with Crippen LogP contribution >= 0.6 is 0 Å². The normalized spacial score (nSPS) is 11.2. The second kappa shape index (κ2) is 7.85. The van der Waals surface area contributed by atoms with E-state index >= 15 is 0 Å². The van der Waals surface area contributed by atoms with Crippen LogP contribution in [0, 0.1) is 17.1 Å². The highest BCUT2D eigenvalue weighted by molar-refractivity contribution is 5.97. The molecule has 0 aliphatic carbocycles. The molecule has 0 bridgehead atoms. The van der Waals surface area contributed by atoms with Crippen LogP contribution in [-0.4, -0.2) is 15.9 Å². The molecule has 128 valence electrons. The molecule has 0 fully saturated rings. The number of rotatable bonds is 5. The van der Waals surface area contributed by atoms with E-state index < -0.39 is 11.9 Å². The fourth-order valence-electron chi connectivity index (χ4n) is 2.28. The predicted octanol–water partition coefficient (Wildman–Crippen LogP) is 3.28. The van der Waals surface area contributed by atoms with Crippen molar-refractivity contribution < 1.29 is 9.18 Å². The summed E-state index contributed by atoms with van der Waals surface area (Å²) < 4.78 is 13.2. The summed E-state index contributed by atoms with van der Waals surface area (Å²) in [6, 6.07) is 15.6. The highest BCUT2D eigenvalue weighted by Crippen LogP contribution is 2.20. The smallest absolute Gasteiger partial charge is 0.251 e. The lowest BCUT2D eigenvalue weighted by molar-refractivity contribution is -0.117. The summed E-state index contributed by atoms with van der Waals surface area (Å²) in [6.07, 6.45) is 2.71. The molecular formula is C19H14FN5O. The number of nitrogens with one attached hydrogen (secondary N) is 2. The molecule has 0 radical (unpaired) electrons. The molecule has 1 unspecified atom stereocenters. The van der Waals surface area contributed by atoms with E-state index in [4.69, 9.17) is 5.26 Å². The van der Waals surface area contributed by atoms with Gasteiger partial charge in [0.25, 0.3) is 5.91 Å². The van der Waals surface area contributed by atoms with Crippen molar-refractivity contribution in [3.63, 3.8) is 0 Å². The SMILES string of the molecule is N#Cc1cnc(NC(C(=O)Nc2ccccc2)c2ccc(F)cc2)nc1. The fourth-order valence-corrected chi connectivity index (χ4v) is 2.28. The Bertz CT molecular complexity index is 921. The minimum Gasteiger partial charge on any atom is -0.339 e. The summed E-state index contributed by atoms with van der Waals surface area (Å²) >= 11 is 0. The molecule has 0 saturated heterocycles. The highest BCUT2D eigenvalue weighted by atomic mass is 19.1. The summed E-state index contributed by atoms with van der Waals surface area (Å²) in [7, 11) is 0. The maximum atomic E-state index is 13.2. The van der Waals surface area contributed by atoms with Crippen molar-refractivity contribution in [3.05, 3.63) is 83.9 Å². The number of hydrogen-bond acceptors (Lipinski definition) is 5. The Kier molecular flexibility index (Phi) is 5.15. The van der Waals surface area contributed by atoms with Gasteiger partial charge in [-0.3, -0.25) is 4.79 Å². The van der Waals surface area contributed by atoms with Gasteiger partial charge in [0, 0.05) is 5.69 Å². The Morgan fingerprint density at radius 1 is 1.04 bits per heavy atom. The predicted molar refractivity (Wildman–Crippen MR) is 94.6 cm³/mol.